The molecule has 6 nitrogen and oxygen atoms in total. The van der Waals surface area contributed by atoms with Gasteiger partial charge in [0.15, 0.2) is 5.65 Å². The molecule has 0 fully saturated rings. The minimum atomic E-state index is -0.298. The van der Waals surface area contributed by atoms with Crippen LogP contribution in [-0.2, 0) is 6.54 Å². The summed E-state index contributed by atoms with van der Waals surface area (Å²) in [6.07, 6.45) is 5.23. The van der Waals surface area contributed by atoms with E-state index in [1.807, 2.05) is 12.1 Å². The Labute approximate surface area is 151 Å². The Bertz CT molecular complexity index is 812. The summed E-state index contributed by atoms with van der Waals surface area (Å²) in [7, 11) is 0. The molecule has 1 aliphatic heterocycles. The van der Waals surface area contributed by atoms with Crippen LogP contribution in [0.5, 0.6) is 0 Å². The summed E-state index contributed by atoms with van der Waals surface area (Å²) in [6, 6.07) is 3.79. The Morgan fingerprint density at radius 2 is 2.25 bits per heavy atom. The van der Waals surface area contributed by atoms with Crippen molar-refractivity contribution in [2.45, 2.75) is 13.0 Å². The van der Waals surface area contributed by atoms with Crippen LogP contribution in [0, 0.1) is 0 Å². The summed E-state index contributed by atoms with van der Waals surface area (Å²) in [5.74, 6) is 0. The Kier molecular flexibility index (Phi) is 7.62. The lowest BCUT2D eigenvalue weighted by Crippen LogP contribution is -2.23. The van der Waals surface area contributed by atoms with Crippen molar-refractivity contribution in [3.05, 3.63) is 52.4 Å². The Hall–Kier alpha value is -1.67. The molecule has 3 rings (SSSR count). The van der Waals surface area contributed by atoms with E-state index in [4.69, 9.17) is 5.73 Å². The molecule has 0 unspecified atom stereocenters. The van der Waals surface area contributed by atoms with Crippen LogP contribution in [-0.4, -0.2) is 33.8 Å². The molecule has 9 heteroatoms. The first kappa shape index (κ1) is 20.4. The largest absolute Gasteiger partial charge is 0.350 e. The third kappa shape index (κ3) is 4.05. The van der Waals surface area contributed by atoms with Crippen molar-refractivity contribution in [2.75, 3.05) is 19.6 Å². The monoisotopic (exact) mass is 375 g/mol. The summed E-state index contributed by atoms with van der Waals surface area (Å²) < 4.78 is 15.3. The van der Waals surface area contributed by atoms with Crippen molar-refractivity contribution >= 4 is 36.0 Å². The molecule has 0 saturated carbocycles. The van der Waals surface area contributed by atoms with Gasteiger partial charge in [-0.15, -0.1) is 29.9 Å². The van der Waals surface area contributed by atoms with Crippen molar-refractivity contribution in [2.24, 2.45) is 5.73 Å². The van der Waals surface area contributed by atoms with Gasteiger partial charge in [0.25, 0.3) is 0 Å². The number of nitrogens with two attached hydrogens (primary N) is 1. The second kappa shape index (κ2) is 8.98. The second-order valence-electron chi connectivity index (χ2n) is 5.24. The first-order chi connectivity index (χ1) is 10.7. The maximum absolute atomic E-state index is 12.6. The number of nitrogens with zero attached hydrogens (tertiary/aromatic N) is 3. The van der Waals surface area contributed by atoms with E-state index in [1.165, 1.54) is 14.7 Å². The Morgan fingerprint density at radius 1 is 1.46 bits per heavy atom. The van der Waals surface area contributed by atoms with Gasteiger partial charge in [-0.05, 0) is 41.8 Å². The molecular weight excluding hydrogens is 356 g/mol. The van der Waals surface area contributed by atoms with Crippen molar-refractivity contribution in [1.29, 1.82) is 0 Å². The van der Waals surface area contributed by atoms with E-state index in [0.29, 0.717) is 17.6 Å². The van der Waals surface area contributed by atoms with E-state index in [2.05, 4.69) is 16.5 Å². The number of aromatic nitrogens is 3. The van der Waals surface area contributed by atoms with Crippen LogP contribution in [0.2, 0.25) is 0 Å². The molecule has 0 bridgehead atoms. The fourth-order valence-corrected chi connectivity index (χ4v) is 2.54. The average Bonchev–Trinajstić information content (AvgIpc) is 2.88. The molecule has 132 valence electrons. The third-order valence-electron chi connectivity index (χ3n) is 3.79. The molecule has 0 spiro atoms. The lowest BCUT2D eigenvalue weighted by molar-refractivity contribution is 0.616. The Balaban J connectivity index is 0.00000144. The first-order valence-corrected chi connectivity index (χ1v) is 7.20. The fraction of sp³-hybridized carbons (Fsp3) is 0.333. The standard InChI is InChI=1S/C15H18FN5O.2ClH/c16-8-11(9-17)10-21-15(22)20-6-3-13(7-14(20)19-21)12-1-4-18-5-2-12;;/h1,3,6-8,18H,2,4-5,9-10,17H2;2*1H/b11-8+;;. The molecule has 24 heavy (non-hydrogen) atoms. The van der Waals surface area contributed by atoms with Crippen molar-refractivity contribution < 1.29 is 4.39 Å². The minimum Gasteiger partial charge on any atom is -0.327 e. The maximum Gasteiger partial charge on any atom is 0.350 e. The van der Waals surface area contributed by atoms with Gasteiger partial charge < -0.3 is 11.1 Å². The maximum atomic E-state index is 12.6. The Morgan fingerprint density at radius 3 is 2.88 bits per heavy atom. The smallest absolute Gasteiger partial charge is 0.327 e. The van der Waals surface area contributed by atoms with Crippen LogP contribution in [0.3, 0.4) is 0 Å². The topological polar surface area (TPSA) is 77.3 Å². The minimum absolute atomic E-state index is 0. The summed E-state index contributed by atoms with van der Waals surface area (Å²) >= 11 is 0. The second-order valence-corrected chi connectivity index (χ2v) is 5.24. The van der Waals surface area contributed by atoms with Crippen LogP contribution < -0.4 is 16.7 Å². The van der Waals surface area contributed by atoms with E-state index in [1.54, 1.807) is 6.20 Å². The molecule has 2 aromatic rings. The molecule has 0 aliphatic carbocycles. The normalized spacial score (nSPS) is 14.8. The molecule has 3 heterocycles. The summed E-state index contributed by atoms with van der Waals surface area (Å²) in [6.45, 7) is 1.92. The van der Waals surface area contributed by atoms with Gasteiger partial charge in [-0.1, -0.05) is 6.08 Å². The molecular formula is C15H20Cl2FN5O. The zero-order valence-corrected chi connectivity index (χ0v) is 14.6. The quantitative estimate of drug-likeness (QED) is 0.849. The van der Waals surface area contributed by atoms with Gasteiger partial charge in [0, 0.05) is 19.3 Å². The molecule has 0 atom stereocenters. The van der Waals surface area contributed by atoms with Gasteiger partial charge >= 0.3 is 5.69 Å². The van der Waals surface area contributed by atoms with Gasteiger partial charge in [-0.3, -0.25) is 4.40 Å². The van der Waals surface area contributed by atoms with Crippen molar-refractivity contribution in [3.63, 3.8) is 0 Å². The number of nitrogens with one attached hydrogen (secondary N) is 1. The highest BCUT2D eigenvalue weighted by Gasteiger charge is 2.11. The lowest BCUT2D eigenvalue weighted by atomic mass is 10.0. The lowest BCUT2D eigenvalue weighted by Gasteiger charge is -2.13. The van der Waals surface area contributed by atoms with Crippen LogP contribution >= 0.6 is 24.8 Å². The number of pyridine rings is 1. The van der Waals surface area contributed by atoms with Crippen molar-refractivity contribution in [3.8, 4) is 0 Å². The zero-order valence-electron chi connectivity index (χ0n) is 12.9. The average molecular weight is 376 g/mol. The van der Waals surface area contributed by atoms with E-state index in [-0.39, 0.29) is 43.6 Å². The summed E-state index contributed by atoms with van der Waals surface area (Å²) in [5, 5.41) is 7.53. The number of rotatable bonds is 4. The highest BCUT2D eigenvalue weighted by Crippen LogP contribution is 2.20. The van der Waals surface area contributed by atoms with E-state index < -0.39 is 0 Å². The first-order valence-electron chi connectivity index (χ1n) is 7.20. The van der Waals surface area contributed by atoms with E-state index in [9.17, 15) is 9.18 Å². The number of hydrogen-bond donors (Lipinski definition) is 2. The molecule has 0 radical (unpaired) electrons. The highest BCUT2D eigenvalue weighted by atomic mass is 35.5. The van der Waals surface area contributed by atoms with E-state index >= 15 is 0 Å². The molecule has 3 N–H and O–H groups in total. The van der Waals surface area contributed by atoms with Gasteiger partial charge in [0.05, 0.1) is 12.9 Å². The summed E-state index contributed by atoms with van der Waals surface area (Å²) in [4.78, 5) is 12.2. The van der Waals surface area contributed by atoms with Crippen LogP contribution in [0.4, 0.5) is 4.39 Å². The molecule has 0 amide bonds. The molecule has 2 aromatic heterocycles. The van der Waals surface area contributed by atoms with Gasteiger partial charge in [-0.25, -0.2) is 13.9 Å². The predicted molar refractivity (Wildman–Crippen MR) is 97.7 cm³/mol. The molecule has 0 aromatic carbocycles. The van der Waals surface area contributed by atoms with E-state index in [0.717, 1.165) is 25.1 Å². The zero-order chi connectivity index (χ0) is 15.5. The molecule has 1 aliphatic rings. The third-order valence-corrected chi connectivity index (χ3v) is 3.79. The van der Waals surface area contributed by atoms with Gasteiger partial charge in [0.2, 0.25) is 0 Å². The SMILES string of the molecule is Cl.Cl.NC/C(=C\F)Cn1nc2cc(C3=CCNCC3)ccn2c1=O. The van der Waals surface area contributed by atoms with Crippen molar-refractivity contribution in [1.82, 2.24) is 19.5 Å². The van der Waals surface area contributed by atoms with Crippen LogP contribution in [0.15, 0.2) is 41.1 Å². The number of fused-ring (bicyclic) bond motifs is 1. The van der Waals surface area contributed by atoms with Crippen LogP contribution in [0.1, 0.15) is 12.0 Å². The van der Waals surface area contributed by atoms with Gasteiger partial charge in [-0.2, -0.15) is 0 Å². The number of halogens is 3. The van der Waals surface area contributed by atoms with Crippen LogP contribution in [0.25, 0.3) is 11.2 Å². The van der Waals surface area contributed by atoms with Gasteiger partial charge in [0.1, 0.15) is 0 Å². The fourth-order valence-electron chi connectivity index (χ4n) is 2.54. The molecule has 0 saturated heterocycles. The summed E-state index contributed by atoms with van der Waals surface area (Å²) in [5.41, 5.74) is 8.31. The highest BCUT2D eigenvalue weighted by molar-refractivity contribution is 5.85. The number of hydrogen-bond acceptors (Lipinski definition) is 4. The predicted octanol–water partition coefficient (Wildman–Crippen LogP) is 1.53.